The summed E-state index contributed by atoms with van der Waals surface area (Å²) in [7, 11) is 0. The Hall–Kier alpha value is -4.37. The van der Waals surface area contributed by atoms with Gasteiger partial charge in [-0.05, 0) is 40.5 Å². The molecule has 0 N–H and O–H groups in total. The van der Waals surface area contributed by atoms with E-state index in [4.69, 9.17) is 5.26 Å². The van der Waals surface area contributed by atoms with Gasteiger partial charge >= 0.3 is 0 Å². The minimum Gasteiger partial charge on any atom is -0.348 e. The number of benzene rings is 3. The Labute approximate surface area is 189 Å². The van der Waals surface area contributed by atoms with E-state index < -0.39 is 11.6 Å². The molecule has 2 aliphatic rings. The fourth-order valence-electron chi connectivity index (χ4n) is 3.77. The highest BCUT2D eigenvalue weighted by molar-refractivity contribution is 5.66. The fraction of sp³-hybridized carbons (Fsp3) is 0.0741. The third-order valence-electron chi connectivity index (χ3n) is 5.51. The number of pyridine rings is 1. The molecule has 0 atom stereocenters. The van der Waals surface area contributed by atoms with Crippen molar-refractivity contribution in [2.45, 2.75) is 13.0 Å². The highest BCUT2D eigenvalue weighted by atomic mass is 19.2. The number of nitriles is 1. The Morgan fingerprint density at radius 3 is 2.15 bits per heavy atom. The molecule has 3 aromatic rings. The lowest BCUT2D eigenvalue weighted by Gasteiger charge is -2.09. The molecular formula is C27H18F2N4. The van der Waals surface area contributed by atoms with E-state index in [0.717, 1.165) is 28.3 Å². The van der Waals surface area contributed by atoms with Crippen LogP contribution in [0, 0.1) is 23.0 Å². The third-order valence-corrected chi connectivity index (χ3v) is 5.51. The number of fused-ring (bicyclic) bond motifs is 1. The molecule has 33 heavy (non-hydrogen) atoms. The summed E-state index contributed by atoms with van der Waals surface area (Å²) < 4.78 is 29.7. The van der Waals surface area contributed by atoms with Gasteiger partial charge in [-0.3, -0.25) is 0 Å². The second-order valence-corrected chi connectivity index (χ2v) is 7.76. The van der Waals surface area contributed by atoms with Gasteiger partial charge in [-0.1, -0.05) is 54.6 Å². The molecule has 2 heterocycles. The van der Waals surface area contributed by atoms with Crippen LogP contribution in [0.5, 0.6) is 0 Å². The highest BCUT2D eigenvalue weighted by Gasteiger charge is 2.17. The Kier molecular flexibility index (Phi) is 5.37. The summed E-state index contributed by atoms with van der Waals surface area (Å²) in [6.07, 6.45) is 4.16. The number of hydrogen-bond donors (Lipinski definition) is 0. The maximum atomic E-state index is 14.1. The summed E-state index contributed by atoms with van der Waals surface area (Å²) >= 11 is 0. The van der Waals surface area contributed by atoms with Crippen LogP contribution >= 0.6 is 0 Å². The van der Waals surface area contributed by atoms with Crippen LogP contribution in [-0.2, 0) is 13.0 Å². The van der Waals surface area contributed by atoms with Crippen molar-refractivity contribution in [3.05, 3.63) is 108 Å². The maximum Gasteiger partial charge on any atom is 0.169 e. The van der Waals surface area contributed by atoms with Crippen molar-refractivity contribution in [2.75, 3.05) is 0 Å². The van der Waals surface area contributed by atoms with Gasteiger partial charge in [0, 0.05) is 18.9 Å². The average Bonchev–Trinajstić information content (AvgIpc) is 3.25. The highest BCUT2D eigenvalue weighted by Crippen LogP contribution is 2.28. The minimum atomic E-state index is -0.944. The normalized spacial score (nSPS) is 10.9. The maximum absolute atomic E-state index is 14.1. The van der Waals surface area contributed by atoms with Crippen molar-refractivity contribution in [3.8, 4) is 40.0 Å². The third kappa shape index (κ3) is 4.21. The van der Waals surface area contributed by atoms with Crippen LogP contribution < -0.4 is 0 Å². The van der Waals surface area contributed by atoms with Gasteiger partial charge in [-0.15, -0.1) is 0 Å². The Bertz CT molecular complexity index is 1430. The lowest BCUT2D eigenvalue weighted by molar-refractivity contribution is 0.510. The van der Waals surface area contributed by atoms with E-state index >= 15 is 0 Å². The van der Waals surface area contributed by atoms with E-state index in [1.54, 1.807) is 0 Å². The molecule has 3 aromatic carbocycles. The van der Waals surface area contributed by atoms with E-state index in [1.165, 1.54) is 12.1 Å². The molecule has 0 spiro atoms. The van der Waals surface area contributed by atoms with Crippen molar-refractivity contribution >= 4 is 0 Å². The van der Waals surface area contributed by atoms with Crippen molar-refractivity contribution in [2.24, 2.45) is 0 Å². The van der Waals surface area contributed by atoms with E-state index in [9.17, 15) is 8.78 Å². The number of halogens is 2. The number of rotatable bonds is 5. The van der Waals surface area contributed by atoms with Crippen LogP contribution in [0.2, 0.25) is 0 Å². The van der Waals surface area contributed by atoms with Crippen LogP contribution in [0.25, 0.3) is 33.9 Å². The van der Waals surface area contributed by atoms with Gasteiger partial charge in [0.1, 0.15) is 5.69 Å². The molecule has 0 bridgehead atoms. The zero-order valence-corrected chi connectivity index (χ0v) is 17.5. The quantitative estimate of drug-likeness (QED) is 0.334. The van der Waals surface area contributed by atoms with Crippen LogP contribution in [-0.4, -0.2) is 14.5 Å². The first-order chi connectivity index (χ1) is 16.1. The molecule has 0 radical (unpaired) electrons. The molecule has 0 saturated heterocycles. The van der Waals surface area contributed by atoms with E-state index in [-0.39, 0.29) is 11.4 Å². The molecule has 0 saturated carbocycles. The summed E-state index contributed by atoms with van der Waals surface area (Å²) in [5.74, 6) is -1.69. The SMILES string of the molecule is N#CCc1ccc(-c2ccc(Cn3ccc4nc(-c5cccc(F)c5F)nc-4c3)cc2)cc1. The van der Waals surface area contributed by atoms with E-state index in [0.29, 0.717) is 24.4 Å². The predicted octanol–water partition coefficient (Wildman–Crippen LogP) is 6.11. The lowest BCUT2D eigenvalue weighted by atomic mass is 10.0. The molecule has 6 heteroatoms. The molecule has 2 aliphatic heterocycles. The van der Waals surface area contributed by atoms with E-state index in [1.807, 2.05) is 47.3 Å². The van der Waals surface area contributed by atoms with Gasteiger partial charge in [-0.2, -0.15) is 5.26 Å². The van der Waals surface area contributed by atoms with Gasteiger partial charge in [-0.25, -0.2) is 18.7 Å². The van der Waals surface area contributed by atoms with Gasteiger partial charge < -0.3 is 4.57 Å². The summed E-state index contributed by atoms with van der Waals surface area (Å²) in [6, 6.07) is 24.2. The van der Waals surface area contributed by atoms with Crippen LogP contribution in [0.1, 0.15) is 11.1 Å². The molecule has 160 valence electrons. The molecule has 5 rings (SSSR count). The predicted molar refractivity (Wildman–Crippen MR) is 122 cm³/mol. The summed E-state index contributed by atoms with van der Waals surface area (Å²) in [5, 5.41) is 8.80. The molecule has 4 nitrogen and oxygen atoms in total. The van der Waals surface area contributed by atoms with Crippen molar-refractivity contribution < 1.29 is 8.78 Å². The molecule has 0 aliphatic carbocycles. The molecule has 0 aromatic heterocycles. The number of aromatic nitrogens is 3. The van der Waals surface area contributed by atoms with Crippen LogP contribution in [0.15, 0.2) is 85.2 Å². The molecular weight excluding hydrogens is 418 g/mol. The largest absolute Gasteiger partial charge is 0.348 e. The zero-order valence-electron chi connectivity index (χ0n) is 17.5. The standard InChI is InChI=1S/C27H18F2N4/c28-23-3-1-2-22(26(23)29)27-31-24-13-15-33(17-25(24)32-27)16-19-6-10-21(11-7-19)20-8-4-18(5-9-20)12-14-30/h1-11,13,15,17H,12,16H2. The summed E-state index contributed by atoms with van der Waals surface area (Å²) in [4.78, 5) is 8.75. The van der Waals surface area contributed by atoms with Gasteiger partial charge in [0.05, 0.1) is 23.7 Å². The first-order valence-corrected chi connectivity index (χ1v) is 10.4. The number of imidazole rings is 1. The topological polar surface area (TPSA) is 54.5 Å². The fourth-order valence-corrected chi connectivity index (χ4v) is 3.77. The van der Waals surface area contributed by atoms with Crippen LogP contribution in [0.3, 0.4) is 0 Å². The van der Waals surface area contributed by atoms with Crippen molar-refractivity contribution in [1.29, 1.82) is 5.26 Å². The van der Waals surface area contributed by atoms with Crippen LogP contribution in [0.4, 0.5) is 8.78 Å². The van der Waals surface area contributed by atoms with Gasteiger partial charge in [0.15, 0.2) is 17.5 Å². The van der Waals surface area contributed by atoms with Gasteiger partial charge in [0.25, 0.3) is 0 Å². The monoisotopic (exact) mass is 436 g/mol. The Morgan fingerprint density at radius 2 is 1.45 bits per heavy atom. The minimum absolute atomic E-state index is 0.0500. The molecule has 0 amide bonds. The first kappa shape index (κ1) is 20.5. The summed E-state index contributed by atoms with van der Waals surface area (Å²) in [6.45, 7) is 0.633. The molecule has 0 fully saturated rings. The van der Waals surface area contributed by atoms with Crippen molar-refractivity contribution in [1.82, 2.24) is 14.5 Å². The smallest absolute Gasteiger partial charge is 0.169 e. The zero-order chi connectivity index (χ0) is 22.8. The average molecular weight is 436 g/mol. The second-order valence-electron chi connectivity index (χ2n) is 7.76. The second kappa shape index (κ2) is 8.64. The van der Waals surface area contributed by atoms with Gasteiger partial charge in [0.2, 0.25) is 0 Å². The van der Waals surface area contributed by atoms with E-state index in [2.05, 4.69) is 40.3 Å². The number of nitrogens with zero attached hydrogens (tertiary/aromatic N) is 4. The van der Waals surface area contributed by atoms with Crippen molar-refractivity contribution in [3.63, 3.8) is 0 Å². The summed E-state index contributed by atoms with van der Waals surface area (Å²) in [5.41, 5.74) is 5.61. The lowest BCUT2D eigenvalue weighted by Crippen LogP contribution is -2.00. The Balaban J connectivity index is 1.35. The first-order valence-electron chi connectivity index (χ1n) is 10.4. The Morgan fingerprint density at radius 1 is 0.788 bits per heavy atom. The molecule has 0 unspecified atom stereocenters. The number of hydrogen-bond acceptors (Lipinski definition) is 3.